The molecule has 0 N–H and O–H groups in total. The standard InChI is InChI=1S/C24H17Cl3N2O3/c1-24-13-20(18-4-2-3-5-21(18)32-24)28(22(30)17-11-8-15(26)12-19(17)27)23(31)29(24)16-9-6-14(25)7-10-16/h2-12,20H,13H2,1H3/t20-,24-/m1/s1. The second-order valence-corrected chi connectivity index (χ2v) is 9.21. The minimum Gasteiger partial charge on any atom is -0.467 e. The van der Waals surface area contributed by atoms with Crippen LogP contribution in [0, 0.1) is 0 Å². The number of nitrogens with zero attached hydrogens (tertiary/aromatic N) is 2. The Kier molecular flexibility index (Phi) is 5.08. The zero-order valence-electron chi connectivity index (χ0n) is 16.9. The summed E-state index contributed by atoms with van der Waals surface area (Å²) >= 11 is 18.4. The van der Waals surface area contributed by atoms with Gasteiger partial charge in [0.25, 0.3) is 5.91 Å². The number of para-hydroxylation sites is 1. The summed E-state index contributed by atoms with van der Waals surface area (Å²) < 4.78 is 6.32. The third kappa shape index (κ3) is 3.32. The second-order valence-electron chi connectivity index (χ2n) is 7.93. The Labute approximate surface area is 200 Å². The van der Waals surface area contributed by atoms with Gasteiger partial charge in [-0.25, -0.2) is 4.79 Å². The monoisotopic (exact) mass is 486 g/mol. The molecule has 3 amide bonds. The molecular formula is C24H17Cl3N2O3. The van der Waals surface area contributed by atoms with Crippen LogP contribution in [-0.4, -0.2) is 22.6 Å². The van der Waals surface area contributed by atoms with E-state index < -0.39 is 23.7 Å². The van der Waals surface area contributed by atoms with E-state index in [0.717, 1.165) is 5.56 Å². The summed E-state index contributed by atoms with van der Waals surface area (Å²) in [5.41, 5.74) is 0.546. The van der Waals surface area contributed by atoms with E-state index in [1.807, 2.05) is 31.2 Å². The average Bonchev–Trinajstić information content (AvgIpc) is 2.74. The molecule has 2 bridgehead atoms. The fourth-order valence-electron chi connectivity index (χ4n) is 4.40. The molecule has 2 atom stereocenters. The van der Waals surface area contributed by atoms with E-state index in [-0.39, 0.29) is 10.6 Å². The Morgan fingerprint density at radius 3 is 2.41 bits per heavy atom. The molecule has 1 saturated heterocycles. The van der Waals surface area contributed by atoms with Gasteiger partial charge < -0.3 is 4.74 Å². The third-order valence-corrected chi connectivity index (χ3v) is 6.63. The first-order chi connectivity index (χ1) is 15.3. The zero-order valence-corrected chi connectivity index (χ0v) is 19.2. The predicted octanol–water partition coefficient (Wildman–Crippen LogP) is 6.97. The molecular weight excluding hydrogens is 471 g/mol. The van der Waals surface area contributed by atoms with Crippen LogP contribution < -0.4 is 9.64 Å². The molecule has 0 saturated carbocycles. The summed E-state index contributed by atoms with van der Waals surface area (Å²) in [6, 6.07) is 17.9. The number of ether oxygens (including phenoxy) is 1. The molecule has 2 heterocycles. The van der Waals surface area contributed by atoms with Crippen LogP contribution in [0.1, 0.15) is 35.3 Å². The van der Waals surface area contributed by atoms with Crippen molar-refractivity contribution in [2.45, 2.75) is 25.1 Å². The fourth-order valence-corrected chi connectivity index (χ4v) is 5.02. The largest absolute Gasteiger partial charge is 0.467 e. The Balaban J connectivity index is 1.68. The van der Waals surface area contributed by atoms with Crippen molar-refractivity contribution in [1.82, 2.24) is 4.90 Å². The lowest BCUT2D eigenvalue weighted by atomic mass is 9.88. The maximum atomic E-state index is 13.9. The lowest BCUT2D eigenvalue weighted by Gasteiger charge is -2.53. The molecule has 1 fully saturated rings. The second kappa shape index (κ2) is 7.69. The zero-order chi connectivity index (χ0) is 22.6. The first kappa shape index (κ1) is 21.1. The maximum Gasteiger partial charge on any atom is 0.335 e. The molecule has 0 unspecified atom stereocenters. The Bertz CT molecular complexity index is 1250. The van der Waals surface area contributed by atoms with Gasteiger partial charge in [0.05, 0.1) is 16.6 Å². The SMILES string of the molecule is C[C@]12C[C@H](c3ccccc3O1)N(C(=O)c1ccc(Cl)cc1Cl)C(=O)N2c1ccc(Cl)cc1. The molecule has 2 aliphatic rings. The van der Waals surface area contributed by atoms with Crippen LogP contribution in [0.15, 0.2) is 66.7 Å². The minimum atomic E-state index is -0.996. The van der Waals surface area contributed by atoms with Crippen molar-refractivity contribution in [2.75, 3.05) is 4.90 Å². The van der Waals surface area contributed by atoms with Crippen LogP contribution in [0.3, 0.4) is 0 Å². The number of carbonyl (C=O) groups excluding carboxylic acids is 2. The van der Waals surface area contributed by atoms with Crippen molar-refractivity contribution in [2.24, 2.45) is 0 Å². The van der Waals surface area contributed by atoms with Crippen LogP contribution in [0.2, 0.25) is 15.1 Å². The fraction of sp³-hybridized carbons (Fsp3) is 0.167. The van der Waals surface area contributed by atoms with E-state index in [2.05, 4.69) is 0 Å². The Morgan fingerprint density at radius 1 is 1.00 bits per heavy atom. The van der Waals surface area contributed by atoms with Gasteiger partial charge in [-0.2, -0.15) is 0 Å². The summed E-state index contributed by atoms with van der Waals surface area (Å²) in [6.45, 7) is 1.85. The predicted molar refractivity (Wildman–Crippen MR) is 125 cm³/mol. The van der Waals surface area contributed by atoms with Gasteiger partial charge in [0.15, 0.2) is 5.72 Å². The van der Waals surface area contributed by atoms with E-state index in [9.17, 15) is 9.59 Å². The van der Waals surface area contributed by atoms with Crippen molar-refractivity contribution in [3.63, 3.8) is 0 Å². The van der Waals surface area contributed by atoms with Crippen LogP contribution in [0.25, 0.3) is 0 Å². The van der Waals surface area contributed by atoms with Crippen LogP contribution in [0.4, 0.5) is 10.5 Å². The van der Waals surface area contributed by atoms with E-state index in [0.29, 0.717) is 27.9 Å². The molecule has 8 heteroatoms. The van der Waals surface area contributed by atoms with Crippen molar-refractivity contribution in [1.29, 1.82) is 0 Å². The van der Waals surface area contributed by atoms with Crippen LogP contribution in [-0.2, 0) is 0 Å². The van der Waals surface area contributed by atoms with Crippen molar-refractivity contribution < 1.29 is 14.3 Å². The first-order valence-corrected chi connectivity index (χ1v) is 11.1. The summed E-state index contributed by atoms with van der Waals surface area (Å²) in [6.07, 6.45) is 0.384. The number of urea groups is 1. The van der Waals surface area contributed by atoms with Gasteiger partial charge in [-0.1, -0.05) is 53.0 Å². The number of halogens is 3. The lowest BCUT2D eigenvalue weighted by molar-refractivity contribution is 0.00269. The maximum absolute atomic E-state index is 13.9. The van der Waals surface area contributed by atoms with Crippen molar-refractivity contribution in [3.05, 3.63) is 92.9 Å². The van der Waals surface area contributed by atoms with Gasteiger partial charge in [0.2, 0.25) is 0 Å². The average molecular weight is 488 g/mol. The van der Waals surface area contributed by atoms with Crippen LogP contribution in [0.5, 0.6) is 5.75 Å². The highest BCUT2D eigenvalue weighted by Crippen LogP contribution is 2.50. The van der Waals surface area contributed by atoms with Gasteiger partial charge in [0.1, 0.15) is 5.75 Å². The van der Waals surface area contributed by atoms with Gasteiger partial charge >= 0.3 is 6.03 Å². The number of hydrogen-bond donors (Lipinski definition) is 0. The molecule has 5 nitrogen and oxygen atoms in total. The summed E-state index contributed by atoms with van der Waals surface area (Å²) in [5, 5.41) is 1.13. The smallest absolute Gasteiger partial charge is 0.335 e. The summed E-state index contributed by atoms with van der Waals surface area (Å²) in [4.78, 5) is 30.3. The number of hydrogen-bond acceptors (Lipinski definition) is 3. The van der Waals surface area contributed by atoms with E-state index >= 15 is 0 Å². The number of benzene rings is 3. The van der Waals surface area contributed by atoms with E-state index in [1.54, 1.807) is 30.3 Å². The molecule has 162 valence electrons. The molecule has 3 aromatic rings. The van der Waals surface area contributed by atoms with E-state index in [4.69, 9.17) is 39.5 Å². The molecule has 0 aliphatic carbocycles. The van der Waals surface area contributed by atoms with Gasteiger partial charge in [-0.3, -0.25) is 14.6 Å². The molecule has 0 spiro atoms. The molecule has 5 rings (SSSR count). The molecule has 32 heavy (non-hydrogen) atoms. The number of carbonyl (C=O) groups is 2. The number of anilines is 1. The summed E-state index contributed by atoms with van der Waals surface area (Å²) in [5.74, 6) is 0.122. The molecule has 0 aromatic heterocycles. The van der Waals surface area contributed by atoms with Gasteiger partial charge in [-0.05, 0) is 55.5 Å². The van der Waals surface area contributed by atoms with E-state index in [1.165, 1.54) is 21.9 Å². The summed E-state index contributed by atoms with van der Waals surface area (Å²) in [7, 11) is 0. The topological polar surface area (TPSA) is 49.9 Å². The quantitative estimate of drug-likeness (QED) is 0.392. The van der Waals surface area contributed by atoms with Crippen molar-refractivity contribution in [3.8, 4) is 5.75 Å². The van der Waals surface area contributed by atoms with Crippen molar-refractivity contribution >= 4 is 52.4 Å². The molecule has 2 aliphatic heterocycles. The first-order valence-electron chi connectivity index (χ1n) is 9.95. The van der Waals surface area contributed by atoms with Gasteiger partial charge in [0, 0.05) is 27.7 Å². The highest BCUT2D eigenvalue weighted by molar-refractivity contribution is 6.37. The Hall–Kier alpha value is -2.73. The minimum absolute atomic E-state index is 0.182. The Morgan fingerprint density at radius 2 is 1.69 bits per heavy atom. The normalized spacial score (nSPS) is 21.8. The highest BCUT2D eigenvalue weighted by atomic mass is 35.5. The lowest BCUT2D eigenvalue weighted by Crippen LogP contribution is -2.67. The molecule has 3 aromatic carbocycles. The number of rotatable bonds is 2. The molecule has 0 radical (unpaired) electrons. The van der Waals surface area contributed by atoms with Gasteiger partial charge in [-0.15, -0.1) is 0 Å². The number of fused-ring (bicyclic) bond motifs is 4. The number of imide groups is 1. The highest BCUT2D eigenvalue weighted by Gasteiger charge is 2.55. The third-order valence-electron chi connectivity index (χ3n) is 5.83. The number of amides is 3. The van der Waals surface area contributed by atoms with Crippen LogP contribution >= 0.6 is 34.8 Å².